The average molecular weight is 1380 g/mol. The minimum absolute atomic E-state index is 0.0249. The van der Waals surface area contributed by atoms with Crippen molar-refractivity contribution in [1.82, 2.24) is 20.4 Å². The summed E-state index contributed by atoms with van der Waals surface area (Å²) >= 11 is 6.10. The number of alkyl carbamates (subject to hydrolysis) is 1. The van der Waals surface area contributed by atoms with Gasteiger partial charge in [0.2, 0.25) is 18.1 Å². The second-order valence-electron chi connectivity index (χ2n) is 19.1. The second kappa shape index (κ2) is 36.9. The van der Waals surface area contributed by atoms with Crippen LogP contribution in [0, 0.1) is 0 Å². The van der Waals surface area contributed by atoms with E-state index in [1.165, 1.54) is 80.8 Å². The lowest BCUT2D eigenvalue weighted by atomic mass is 9.93. The van der Waals surface area contributed by atoms with Crippen LogP contribution in [0.4, 0.5) is 15.3 Å². The number of carboxylic acid groups (broad SMARTS) is 1. The third-order valence-electron chi connectivity index (χ3n) is 12.2. The van der Waals surface area contributed by atoms with Gasteiger partial charge in [0.1, 0.15) is 64.0 Å². The standard InChI is InChI=1S/C53H70Br2N5O26P/c1-53(74,17-14-34-10-8-11-40(64)83-34)37(86-87(75,76)77)30-33(61)9-6-4-3-5-7-22-81-52(73)59(2)20-19-57-51(72)82-31-32-12-13-36(84-50-45(67)43(65)44(66)46(85-50)49(70)71)35(29-32)58-39(63)15-18-56-38(62)16-23-78-25-27-80-28-26-79-24-21-60-47(68)41(54)42(55)48(60)69/h3-9,11-14,17,29,33-34,37,43-46,50,61,65-67,74H,10,15-16,18-28,30-31H2,1-2H3,(H,56,62)(H,57,72)(H,58,63)(H,70,71)(H2,75,76,77)/p-1/b4-3-,7-5+,9-6-,17-14+/t33-,34-,37-,43+,44+,45-,46+,50-,53-/m1/s1. The number of nitrogens with zero attached hydrogens (tertiary/aromatic N) is 2. The molecule has 1 aromatic carbocycles. The molecule has 1 unspecified atom stereocenters. The van der Waals surface area contributed by atoms with Gasteiger partial charge in [0.15, 0.2) is 6.10 Å². The summed E-state index contributed by atoms with van der Waals surface area (Å²) in [6.07, 6.45) is -1.92. The molecule has 1 saturated heterocycles. The monoisotopic (exact) mass is 1380 g/mol. The van der Waals surface area contributed by atoms with Gasteiger partial charge in [0.05, 0.1) is 58.0 Å². The number of anilines is 1. The number of phosphoric acid groups is 1. The molecule has 0 saturated carbocycles. The molecule has 10 atom stereocenters. The third-order valence-corrected chi connectivity index (χ3v) is 14.7. The number of nitrogens with one attached hydrogen (secondary N) is 3. The number of aliphatic hydroxyl groups excluding tert-OH is 4. The fraction of sp³-hybridized carbons (Fsp3) is 0.509. The van der Waals surface area contributed by atoms with Crippen LogP contribution < -0.4 is 25.6 Å². The van der Waals surface area contributed by atoms with E-state index in [2.05, 4.69) is 52.3 Å². The third kappa shape index (κ3) is 26.1. The maximum absolute atomic E-state index is 13.1. The van der Waals surface area contributed by atoms with Crippen molar-refractivity contribution in [3.63, 3.8) is 0 Å². The summed E-state index contributed by atoms with van der Waals surface area (Å²) in [7, 11) is -3.96. The molecule has 3 aliphatic rings. The number of amides is 6. The van der Waals surface area contributed by atoms with Crippen LogP contribution in [0.5, 0.6) is 5.75 Å². The zero-order chi connectivity index (χ0) is 64.3. The van der Waals surface area contributed by atoms with E-state index in [0.29, 0.717) is 6.42 Å². The van der Waals surface area contributed by atoms with E-state index in [1.54, 1.807) is 6.08 Å². The van der Waals surface area contributed by atoms with Gasteiger partial charge in [-0.1, -0.05) is 48.6 Å². The molecule has 6 amide bonds. The highest BCUT2D eigenvalue weighted by atomic mass is 79.9. The predicted molar refractivity (Wildman–Crippen MR) is 305 cm³/mol. The molecule has 10 N–H and O–H groups in total. The zero-order valence-corrected chi connectivity index (χ0v) is 51.0. The van der Waals surface area contributed by atoms with Crippen LogP contribution in [0.25, 0.3) is 0 Å². The van der Waals surface area contributed by atoms with Crippen molar-refractivity contribution >= 4 is 93.1 Å². The molecule has 1 aromatic rings. The molecule has 1 fully saturated rings. The van der Waals surface area contributed by atoms with Crippen molar-refractivity contribution in [3.8, 4) is 5.75 Å². The molecule has 3 heterocycles. The van der Waals surface area contributed by atoms with Gasteiger partial charge in [-0.3, -0.25) is 28.6 Å². The number of halogens is 2. The van der Waals surface area contributed by atoms with Crippen molar-refractivity contribution in [3.05, 3.63) is 93.5 Å². The summed E-state index contributed by atoms with van der Waals surface area (Å²) in [5, 5.41) is 69.6. The smallest absolute Gasteiger partial charge is 0.409 e. The number of hydrogen-bond acceptors (Lipinski definition) is 24. The molecular weight excluding hydrogens is 1310 g/mol. The van der Waals surface area contributed by atoms with Crippen molar-refractivity contribution in [2.75, 3.05) is 84.8 Å². The molecule has 3 aliphatic heterocycles. The van der Waals surface area contributed by atoms with Gasteiger partial charge in [0, 0.05) is 58.4 Å². The van der Waals surface area contributed by atoms with E-state index < -0.39 is 123 Å². The Morgan fingerprint density at radius 2 is 1.56 bits per heavy atom. The second-order valence-corrected chi connectivity index (χ2v) is 21.8. The van der Waals surface area contributed by atoms with Crippen molar-refractivity contribution in [2.45, 2.75) is 93.8 Å². The number of carboxylic acids is 1. The summed E-state index contributed by atoms with van der Waals surface area (Å²) in [5.41, 5.74) is -1.88. The molecule has 4 rings (SSSR count). The number of carbonyl (C=O) groups excluding carboxylic acids is 7. The molecular formula is C53H69Br2N5O26P-. The van der Waals surface area contributed by atoms with E-state index in [0.717, 1.165) is 15.9 Å². The van der Waals surface area contributed by atoms with Crippen LogP contribution in [0.1, 0.15) is 38.2 Å². The van der Waals surface area contributed by atoms with Gasteiger partial charge in [-0.25, -0.2) is 19.2 Å². The Balaban J connectivity index is 1.17. The fourth-order valence-electron chi connectivity index (χ4n) is 7.55. The summed E-state index contributed by atoms with van der Waals surface area (Å²) in [6, 6.07) is 3.95. The Bertz CT molecular complexity index is 2750. The lowest BCUT2D eigenvalue weighted by Crippen LogP contribution is -2.61. The number of carbonyl (C=O) groups is 8. The van der Waals surface area contributed by atoms with Crippen LogP contribution in [0.2, 0.25) is 0 Å². The highest BCUT2D eigenvalue weighted by Gasteiger charge is 2.48. The minimum Gasteiger partial charge on any atom is -0.756 e. The van der Waals surface area contributed by atoms with Crippen LogP contribution >= 0.6 is 39.7 Å². The van der Waals surface area contributed by atoms with Gasteiger partial charge in [0.25, 0.3) is 19.6 Å². The molecule has 0 aromatic heterocycles. The molecule has 34 heteroatoms. The first kappa shape index (κ1) is 73.2. The summed E-state index contributed by atoms with van der Waals surface area (Å²) < 4.78 is 59.2. The Hall–Kier alpha value is -6.27. The van der Waals surface area contributed by atoms with E-state index in [9.17, 15) is 83.3 Å². The van der Waals surface area contributed by atoms with Gasteiger partial charge < -0.3 is 104 Å². The van der Waals surface area contributed by atoms with Crippen molar-refractivity contribution in [2.24, 2.45) is 0 Å². The van der Waals surface area contributed by atoms with Gasteiger partial charge in [-0.2, -0.15) is 0 Å². The zero-order valence-electron chi connectivity index (χ0n) is 46.9. The Morgan fingerprint density at radius 1 is 0.897 bits per heavy atom. The number of benzene rings is 1. The maximum Gasteiger partial charge on any atom is 0.409 e. The first-order valence-electron chi connectivity index (χ1n) is 26.6. The SMILES string of the molecule is CN(CCNC(=O)OCc1ccc(O[C@@H]2O[C@H](C(=O)O)[C@@H](O)[C@H](O)[C@H]2O)c(NC(=O)CCNC(=O)CCOCCOCCOCCN2C(=O)C(Br)=C(Br)C2=O)c1)C(=O)OC/C=C/C=C\C=C/[C@@H](O)C[C@@H](OP(=O)([O-])O)[C@](C)(O)/C=C/[C@H]1CC=CC(=O)O1. The normalized spacial score (nSPS) is 21.9. The predicted octanol–water partition coefficient (Wildman–Crippen LogP) is -0.0485. The topological polar surface area (TPSA) is 444 Å². The van der Waals surface area contributed by atoms with Gasteiger partial charge in [-0.15, -0.1) is 0 Å². The highest BCUT2D eigenvalue weighted by molar-refractivity contribution is 9.14. The Morgan fingerprint density at radius 3 is 2.23 bits per heavy atom. The lowest BCUT2D eigenvalue weighted by molar-refractivity contribution is -0.271. The summed E-state index contributed by atoms with van der Waals surface area (Å²) in [4.78, 5) is 121. The van der Waals surface area contributed by atoms with E-state index in [1.807, 2.05) is 0 Å². The molecule has 0 radical (unpaired) electrons. The van der Waals surface area contributed by atoms with Crippen molar-refractivity contribution in [1.29, 1.82) is 0 Å². The molecule has 482 valence electrons. The van der Waals surface area contributed by atoms with E-state index in [-0.39, 0.29) is 111 Å². The largest absolute Gasteiger partial charge is 0.756 e. The maximum atomic E-state index is 13.1. The number of aliphatic hydroxyl groups is 5. The van der Waals surface area contributed by atoms with Crippen LogP contribution in [0.15, 0.2) is 87.9 Å². The number of esters is 1. The van der Waals surface area contributed by atoms with Crippen molar-refractivity contribution < 1.29 is 126 Å². The molecule has 0 bridgehead atoms. The number of aliphatic carboxylic acids is 1. The van der Waals surface area contributed by atoms with Crippen LogP contribution in [0.3, 0.4) is 0 Å². The summed E-state index contributed by atoms with van der Waals surface area (Å²) in [5.74, 6) is -4.53. The number of rotatable bonds is 36. The number of ether oxygens (including phenoxy) is 8. The average Bonchev–Trinajstić information content (AvgIpc) is 1.99. The first-order chi connectivity index (χ1) is 41.2. The van der Waals surface area contributed by atoms with E-state index in [4.69, 9.17) is 37.9 Å². The van der Waals surface area contributed by atoms with Crippen LogP contribution in [-0.4, -0.2) is 227 Å². The molecule has 87 heavy (non-hydrogen) atoms. The molecule has 31 nitrogen and oxygen atoms in total. The quantitative estimate of drug-likeness (QED) is 0.00801. The van der Waals surface area contributed by atoms with Gasteiger partial charge in [-0.05, 0) is 68.6 Å². The van der Waals surface area contributed by atoms with E-state index >= 15 is 0 Å². The molecule has 0 spiro atoms. The molecule has 0 aliphatic carbocycles. The Kier molecular flexibility index (Phi) is 31.0. The summed E-state index contributed by atoms with van der Waals surface area (Å²) in [6.45, 7) is 1.31. The number of likely N-dealkylation sites (N-methyl/N-ethyl adjacent to an activating group) is 1. The number of phosphoric ester groups is 1. The van der Waals surface area contributed by atoms with Crippen LogP contribution in [-0.2, 0) is 77.6 Å². The number of hydrogen-bond donors (Lipinski definition) is 10. The lowest BCUT2D eigenvalue weighted by Gasteiger charge is -2.38. The number of imide groups is 1. The first-order valence-corrected chi connectivity index (χ1v) is 29.7. The number of allylic oxidation sites excluding steroid dienone is 4. The highest BCUT2D eigenvalue weighted by Crippen LogP contribution is 2.38. The van der Waals surface area contributed by atoms with Gasteiger partial charge >= 0.3 is 24.1 Å². The number of cyclic esters (lactones) is 1. The minimum atomic E-state index is -5.37. The fourth-order valence-corrected chi connectivity index (χ4v) is 8.94. The Labute approximate surface area is 515 Å².